The Balaban J connectivity index is 1.96. The molecule has 154 valence electrons. The summed E-state index contributed by atoms with van der Waals surface area (Å²) >= 11 is 0. The van der Waals surface area contributed by atoms with Gasteiger partial charge in [-0.3, -0.25) is 4.79 Å². The molecule has 0 heterocycles. The van der Waals surface area contributed by atoms with Gasteiger partial charge in [-0.1, -0.05) is 18.2 Å². The van der Waals surface area contributed by atoms with Crippen LogP contribution in [0.5, 0.6) is 11.5 Å². The molecule has 0 saturated carbocycles. The molecule has 0 atom stereocenters. The van der Waals surface area contributed by atoms with Gasteiger partial charge in [-0.25, -0.2) is 4.79 Å². The molecular weight excluding hydrogens is 384 g/mol. The monoisotopic (exact) mass is 405 g/mol. The molecule has 0 unspecified atom stereocenters. The molecule has 8 heteroatoms. The fourth-order valence-electron chi connectivity index (χ4n) is 2.40. The fourth-order valence-corrected chi connectivity index (χ4v) is 2.40. The van der Waals surface area contributed by atoms with Gasteiger partial charge in [0.15, 0.2) is 18.1 Å². The first-order valence-corrected chi connectivity index (χ1v) is 8.64. The molecule has 0 aliphatic carbocycles. The van der Waals surface area contributed by atoms with Gasteiger partial charge in [-0.2, -0.15) is 8.78 Å². The molecule has 0 aromatic heterocycles. The van der Waals surface area contributed by atoms with Crippen LogP contribution in [-0.4, -0.2) is 32.2 Å². The number of carbonyl (C=O) groups is 2. The van der Waals surface area contributed by atoms with E-state index in [1.807, 2.05) is 26.0 Å². The van der Waals surface area contributed by atoms with Crippen molar-refractivity contribution in [1.82, 2.24) is 0 Å². The van der Waals surface area contributed by atoms with E-state index in [9.17, 15) is 18.4 Å². The summed E-state index contributed by atoms with van der Waals surface area (Å²) < 4.78 is 39.5. The largest absolute Gasteiger partial charge is 0.493 e. The number of hydrogen-bond donors (Lipinski definition) is 1. The van der Waals surface area contributed by atoms with E-state index >= 15 is 0 Å². The lowest BCUT2D eigenvalue weighted by Gasteiger charge is -2.12. The lowest BCUT2D eigenvalue weighted by Crippen LogP contribution is -2.20. The van der Waals surface area contributed by atoms with Gasteiger partial charge >= 0.3 is 12.6 Å². The van der Waals surface area contributed by atoms with E-state index in [0.29, 0.717) is 5.69 Å². The molecule has 2 aromatic carbocycles. The van der Waals surface area contributed by atoms with Gasteiger partial charge in [0.25, 0.3) is 5.91 Å². The number of hydrogen-bond acceptors (Lipinski definition) is 5. The minimum atomic E-state index is -3.06. The Bertz CT molecular complexity index is 912. The summed E-state index contributed by atoms with van der Waals surface area (Å²) in [5.74, 6) is -1.43. The topological polar surface area (TPSA) is 73.9 Å². The summed E-state index contributed by atoms with van der Waals surface area (Å²) in [6.45, 7) is 0.323. The van der Waals surface area contributed by atoms with E-state index in [1.165, 1.54) is 25.3 Å². The molecule has 0 aliphatic rings. The molecule has 6 nitrogen and oxygen atoms in total. The SMILES string of the molecule is COc1cccc(/C=C/C(=O)OCC(=O)Nc2ccc(C)c(C)c2)c1OC(F)F. The van der Waals surface area contributed by atoms with Gasteiger partial charge in [0.1, 0.15) is 0 Å². The second kappa shape index (κ2) is 10.2. The summed E-state index contributed by atoms with van der Waals surface area (Å²) in [5, 5.41) is 2.62. The summed E-state index contributed by atoms with van der Waals surface area (Å²) in [5.41, 5.74) is 2.89. The molecule has 1 N–H and O–H groups in total. The van der Waals surface area contributed by atoms with E-state index in [4.69, 9.17) is 9.47 Å². The van der Waals surface area contributed by atoms with Crippen molar-refractivity contribution in [3.63, 3.8) is 0 Å². The molecule has 0 saturated heterocycles. The fraction of sp³-hybridized carbons (Fsp3) is 0.238. The van der Waals surface area contributed by atoms with Crippen LogP contribution >= 0.6 is 0 Å². The van der Waals surface area contributed by atoms with Crippen molar-refractivity contribution in [3.05, 3.63) is 59.2 Å². The van der Waals surface area contributed by atoms with Crippen LogP contribution in [0.25, 0.3) is 6.08 Å². The predicted octanol–water partition coefficient (Wildman–Crippen LogP) is 4.11. The summed E-state index contributed by atoms with van der Waals surface area (Å²) in [6, 6.07) is 9.89. The number of methoxy groups -OCH3 is 1. The zero-order valence-corrected chi connectivity index (χ0v) is 16.2. The average Bonchev–Trinajstić information content (AvgIpc) is 2.68. The highest BCUT2D eigenvalue weighted by Crippen LogP contribution is 2.33. The number of halogens is 2. The zero-order valence-electron chi connectivity index (χ0n) is 16.2. The van der Waals surface area contributed by atoms with Crippen molar-refractivity contribution in [3.8, 4) is 11.5 Å². The number of aryl methyl sites for hydroxylation is 2. The third-order valence-electron chi connectivity index (χ3n) is 3.97. The van der Waals surface area contributed by atoms with Crippen molar-refractivity contribution >= 4 is 23.6 Å². The number of rotatable bonds is 8. The number of para-hydroxylation sites is 1. The quantitative estimate of drug-likeness (QED) is 0.529. The first-order chi connectivity index (χ1) is 13.8. The Labute approximate surface area is 167 Å². The molecule has 0 fully saturated rings. The molecule has 0 spiro atoms. The van der Waals surface area contributed by atoms with Crippen LogP contribution in [0.4, 0.5) is 14.5 Å². The van der Waals surface area contributed by atoms with E-state index in [0.717, 1.165) is 17.2 Å². The molecule has 0 bridgehead atoms. The van der Waals surface area contributed by atoms with Crippen LogP contribution in [0.1, 0.15) is 16.7 Å². The third-order valence-corrected chi connectivity index (χ3v) is 3.97. The minimum Gasteiger partial charge on any atom is -0.493 e. The van der Waals surface area contributed by atoms with Gasteiger partial charge < -0.3 is 19.5 Å². The molecule has 2 aromatic rings. The molecule has 0 radical (unpaired) electrons. The number of amides is 1. The maximum absolute atomic E-state index is 12.6. The van der Waals surface area contributed by atoms with Crippen molar-refractivity contribution in [2.75, 3.05) is 19.0 Å². The van der Waals surface area contributed by atoms with Crippen molar-refractivity contribution in [1.29, 1.82) is 0 Å². The standard InChI is InChI=1S/C21H21F2NO5/c1-13-7-9-16(11-14(13)2)24-18(25)12-28-19(26)10-8-15-5-4-6-17(27-3)20(15)29-21(22)23/h4-11,21H,12H2,1-3H3,(H,24,25)/b10-8+. The number of carbonyl (C=O) groups excluding carboxylic acids is 2. The maximum atomic E-state index is 12.6. The highest BCUT2D eigenvalue weighted by molar-refractivity contribution is 5.94. The highest BCUT2D eigenvalue weighted by atomic mass is 19.3. The van der Waals surface area contributed by atoms with Gasteiger partial charge in [-0.05, 0) is 49.2 Å². The number of nitrogens with one attached hydrogen (secondary N) is 1. The molecular formula is C21H21F2NO5. The Morgan fingerprint density at radius 3 is 2.55 bits per heavy atom. The van der Waals surface area contributed by atoms with Crippen LogP contribution in [-0.2, 0) is 14.3 Å². The Morgan fingerprint density at radius 1 is 1.14 bits per heavy atom. The average molecular weight is 405 g/mol. The molecule has 0 aliphatic heterocycles. The summed E-state index contributed by atoms with van der Waals surface area (Å²) in [7, 11) is 1.31. The van der Waals surface area contributed by atoms with Crippen LogP contribution in [0.3, 0.4) is 0 Å². The van der Waals surface area contributed by atoms with E-state index < -0.39 is 25.1 Å². The Morgan fingerprint density at radius 2 is 1.90 bits per heavy atom. The van der Waals surface area contributed by atoms with Crippen LogP contribution in [0.2, 0.25) is 0 Å². The van der Waals surface area contributed by atoms with E-state index in [1.54, 1.807) is 12.1 Å². The van der Waals surface area contributed by atoms with E-state index in [-0.39, 0.29) is 17.1 Å². The van der Waals surface area contributed by atoms with Crippen molar-refractivity contribution in [2.45, 2.75) is 20.5 Å². The smallest absolute Gasteiger partial charge is 0.387 e. The predicted molar refractivity (Wildman–Crippen MR) is 104 cm³/mol. The first-order valence-electron chi connectivity index (χ1n) is 8.64. The first kappa shape index (κ1) is 21.9. The van der Waals surface area contributed by atoms with Crippen LogP contribution in [0, 0.1) is 13.8 Å². The molecule has 1 amide bonds. The number of esters is 1. The number of benzene rings is 2. The molecule has 29 heavy (non-hydrogen) atoms. The highest BCUT2D eigenvalue weighted by Gasteiger charge is 2.14. The van der Waals surface area contributed by atoms with Crippen molar-refractivity contribution < 1.29 is 32.6 Å². The Hall–Kier alpha value is -3.42. The lowest BCUT2D eigenvalue weighted by atomic mass is 10.1. The Kier molecular flexibility index (Phi) is 7.70. The third kappa shape index (κ3) is 6.60. The molecule has 2 rings (SSSR count). The maximum Gasteiger partial charge on any atom is 0.387 e. The second-order valence-corrected chi connectivity index (χ2v) is 6.05. The van der Waals surface area contributed by atoms with E-state index in [2.05, 4.69) is 10.1 Å². The van der Waals surface area contributed by atoms with Crippen molar-refractivity contribution in [2.24, 2.45) is 0 Å². The second-order valence-electron chi connectivity index (χ2n) is 6.05. The summed E-state index contributed by atoms with van der Waals surface area (Å²) in [4.78, 5) is 23.8. The van der Waals surface area contributed by atoms with Gasteiger partial charge in [-0.15, -0.1) is 0 Å². The van der Waals surface area contributed by atoms with Gasteiger partial charge in [0.2, 0.25) is 0 Å². The van der Waals surface area contributed by atoms with Crippen LogP contribution in [0.15, 0.2) is 42.5 Å². The van der Waals surface area contributed by atoms with Gasteiger partial charge in [0, 0.05) is 17.3 Å². The lowest BCUT2D eigenvalue weighted by molar-refractivity contribution is -0.142. The zero-order chi connectivity index (χ0) is 21.4. The number of anilines is 1. The van der Waals surface area contributed by atoms with Crippen LogP contribution < -0.4 is 14.8 Å². The number of ether oxygens (including phenoxy) is 3. The number of alkyl halides is 2. The summed E-state index contributed by atoms with van der Waals surface area (Å²) in [6.07, 6.45) is 2.25. The van der Waals surface area contributed by atoms with Gasteiger partial charge in [0.05, 0.1) is 7.11 Å². The normalized spacial score (nSPS) is 10.8. The minimum absolute atomic E-state index is 0.0913.